The minimum atomic E-state index is -0.892. The van der Waals surface area contributed by atoms with Gasteiger partial charge in [0.2, 0.25) is 11.9 Å². The minimum absolute atomic E-state index is 0.00125. The van der Waals surface area contributed by atoms with E-state index in [1.807, 2.05) is 23.4 Å². The van der Waals surface area contributed by atoms with E-state index in [0.29, 0.717) is 24.0 Å². The lowest BCUT2D eigenvalue weighted by Crippen LogP contribution is -2.41. The van der Waals surface area contributed by atoms with Crippen molar-refractivity contribution in [2.24, 2.45) is 5.92 Å². The zero-order valence-electron chi connectivity index (χ0n) is 21.7. The molecule has 3 aromatic rings. The number of hydrogen-bond donors (Lipinski definition) is 1. The number of thioether (sulfide) groups is 1. The number of rotatable bonds is 10. The van der Waals surface area contributed by atoms with Gasteiger partial charge in [0, 0.05) is 62.2 Å². The first-order chi connectivity index (χ1) is 17.8. The Labute approximate surface area is 220 Å². The fourth-order valence-electron chi connectivity index (χ4n) is 4.98. The molecule has 200 valence electrons. The van der Waals surface area contributed by atoms with Crippen LogP contribution >= 0.6 is 11.8 Å². The van der Waals surface area contributed by atoms with Crippen molar-refractivity contribution < 1.29 is 13.6 Å². The van der Waals surface area contributed by atoms with Crippen LogP contribution in [0.4, 0.5) is 14.7 Å². The zero-order valence-corrected chi connectivity index (χ0v) is 22.5. The highest BCUT2D eigenvalue weighted by atomic mass is 32.2. The predicted molar refractivity (Wildman–Crippen MR) is 142 cm³/mol. The van der Waals surface area contributed by atoms with Gasteiger partial charge in [-0.3, -0.25) is 9.69 Å². The second-order valence-electron chi connectivity index (χ2n) is 9.56. The number of benzene rings is 1. The minimum Gasteiger partial charge on any atom is -0.368 e. The summed E-state index contributed by atoms with van der Waals surface area (Å²) in [7, 11) is 1.86. The topological polar surface area (TPSA) is 93.2 Å². The molecule has 2 aromatic heterocycles. The number of likely N-dealkylation sites (tertiary alicyclic amines) is 1. The van der Waals surface area contributed by atoms with Gasteiger partial charge in [0.05, 0.1) is 11.0 Å². The predicted octanol–water partition coefficient (Wildman–Crippen LogP) is 4.51. The number of amides is 1. The van der Waals surface area contributed by atoms with Crippen molar-refractivity contribution in [1.82, 2.24) is 29.3 Å². The van der Waals surface area contributed by atoms with Gasteiger partial charge in [0.1, 0.15) is 0 Å². The first kappa shape index (κ1) is 27.3. The van der Waals surface area contributed by atoms with Crippen molar-refractivity contribution in [2.45, 2.75) is 57.3 Å². The summed E-state index contributed by atoms with van der Waals surface area (Å²) < 4.78 is 29.9. The van der Waals surface area contributed by atoms with Crippen LogP contribution in [0.2, 0.25) is 0 Å². The van der Waals surface area contributed by atoms with Gasteiger partial charge in [-0.05, 0) is 44.5 Å². The number of anilines is 1. The maximum Gasteiger partial charge on any atom is 0.225 e. The van der Waals surface area contributed by atoms with Gasteiger partial charge in [-0.1, -0.05) is 25.6 Å². The molecule has 0 saturated carbocycles. The molecular formula is C26H35F2N7OS. The Hall–Kier alpha value is -2.79. The third kappa shape index (κ3) is 6.38. The second kappa shape index (κ2) is 12.2. The Bertz CT molecular complexity index is 1210. The summed E-state index contributed by atoms with van der Waals surface area (Å²) in [5.74, 6) is -0.536. The second-order valence-corrected chi connectivity index (χ2v) is 10.8. The summed E-state index contributed by atoms with van der Waals surface area (Å²) in [5, 5.41) is 0.752. The van der Waals surface area contributed by atoms with Crippen LogP contribution in [0.25, 0.3) is 11.0 Å². The maximum absolute atomic E-state index is 14.1. The average molecular weight is 532 g/mol. The van der Waals surface area contributed by atoms with Crippen LogP contribution in [0.3, 0.4) is 0 Å². The van der Waals surface area contributed by atoms with Crippen molar-refractivity contribution in [3.8, 4) is 0 Å². The number of fused-ring (bicyclic) bond motifs is 1. The number of piperidine rings is 1. The molecule has 1 fully saturated rings. The molecule has 0 radical (unpaired) electrons. The van der Waals surface area contributed by atoms with Crippen molar-refractivity contribution >= 4 is 34.7 Å². The van der Waals surface area contributed by atoms with Crippen molar-refractivity contribution in [1.29, 1.82) is 0 Å². The first-order valence-electron chi connectivity index (χ1n) is 12.8. The number of carbonyl (C=O) groups excluding carboxylic acids is 1. The van der Waals surface area contributed by atoms with Crippen LogP contribution in [0, 0.1) is 17.6 Å². The van der Waals surface area contributed by atoms with Crippen LogP contribution < -0.4 is 5.73 Å². The third-order valence-electron chi connectivity index (χ3n) is 7.05. The number of nitrogens with zero attached hydrogens (tertiary/aromatic N) is 6. The molecule has 1 aliphatic heterocycles. The van der Waals surface area contributed by atoms with Gasteiger partial charge < -0.3 is 15.2 Å². The monoisotopic (exact) mass is 531 g/mol. The van der Waals surface area contributed by atoms with E-state index in [0.717, 1.165) is 61.4 Å². The summed E-state index contributed by atoms with van der Waals surface area (Å²) in [4.78, 5) is 30.0. The highest BCUT2D eigenvalue weighted by molar-refractivity contribution is 7.99. The Morgan fingerprint density at radius 1 is 1.19 bits per heavy atom. The number of carbonyl (C=O) groups is 1. The number of imidazole rings is 1. The molecule has 1 aliphatic rings. The summed E-state index contributed by atoms with van der Waals surface area (Å²) in [6, 6.07) is 2.41. The van der Waals surface area contributed by atoms with E-state index in [1.165, 1.54) is 6.07 Å². The molecule has 8 nitrogen and oxygen atoms in total. The van der Waals surface area contributed by atoms with E-state index in [4.69, 9.17) is 5.73 Å². The number of nitrogen functional groups attached to an aromatic ring is 1. The average Bonchev–Trinajstić information content (AvgIpc) is 3.22. The molecular weight excluding hydrogens is 496 g/mol. The van der Waals surface area contributed by atoms with Crippen LogP contribution in [0.1, 0.15) is 51.1 Å². The van der Waals surface area contributed by atoms with Gasteiger partial charge in [0.25, 0.3) is 0 Å². The number of aromatic nitrogens is 4. The van der Waals surface area contributed by atoms with Crippen LogP contribution in [-0.2, 0) is 11.3 Å². The lowest BCUT2D eigenvalue weighted by Gasteiger charge is -2.33. The van der Waals surface area contributed by atoms with Crippen molar-refractivity contribution in [3.05, 3.63) is 41.7 Å². The fourth-order valence-corrected chi connectivity index (χ4v) is 5.78. The van der Waals surface area contributed by atoms with Crippen LogP contribution in [0.15, 0.2) is 29.7 Å². The van der Waals surface area contributed by atoms with Gasteiger partial charge in [-0.15, -0.1) is 0 Å². The Balaban J connectivity index is 1.36. The van der Waals surface area contributed by atoms with Gasteiger partial charge in [-0.25, -0.2) is 23.7 Å². The highest BCUT2D eigenvalue weighted by Gasteiger charge is 2.28. The van der Waals surface area contributed by atoms with E-state index in [1.54, 1.807) is 24.2 Å². The molecule has 1 amide bonds. The van der Waals surface area contributed by atoms with E-state index in [9.17, 15) is 13.6 Å². The Morgan fingerprint density at radius 3 is 2.51 bits per heavy atom. The van der Waals surface area contributed by atoms with Gasteiger partial charge in [-0.2, -0.15) is 0 Å². The molecule has 1 saturated heterocycles. The number of hydrogen-bond acceptors (Lipinski definition) is 7. The first-order valence-corrected chi connectivity index (χ1v) is 13.8. The zero-order chi connectivity index (χ0) is 26.5. The Kier molecular flexibility index (Phi) is 8.96. The van der Waals surface area contributed by atoms with E-state index >= 15 is 0 Å². The molecule has 4 rings (SSSR count). The standard InChI is InChI=1S/C26H35F2N7OS/c1-4-19(35-23-13-21(28)20(27)12-22(23)32-26(35)37-5-2)8-9-33(3)24(36)18-6-10-34(11-7-18)16-17-14-30-25(29)31-15-17/h12-15,18-19H,4-11,16H2,1-3H3,(H2,29,30,31). The van der Waals surface area contributed by atoms with Crippen LogP contribution in [-0.4, -0.2) is 67.7 Å². The summed E-state index contributed by atoms with van der Waals surface area (Å²) in [6.07, 6.45) is 6.61. The van der Waals surface area contributed by atoms with E-state index in [2.05, 4.69) is 26.8 Å². The number of nitrogens with two attached hydrogens (primary N) is 1. The SMILES string of the molecule is CCSc1nc2cc(F)c(F)cc2n1C(CC)CCN(C)C(=O)C1CCN(Cc2cnc(N)nc2)CC1. The summed E-state index contributed by atoms with van der Waals surface area (Å²) in [6.45, 7) is 7.11. The largest absolute Gasteiger partial charge is 0.368 e. The van der Waals surface area contributed by atoms with Crippen LogP contribution in [0.5, 0.6) is 0 Å². The molecule has 1 unspecified atom stereocenters. The van der Waals surface area contributed by atoms with Crippen molar-refractivity contribution in [2.75, 3.05) is 38.2 Å². The Morgan fingerprint density at radius 2 is 1.86 bits per heavy atom. The summed E-state index contributed by atoms with van der Waals surface area (Å²) in [5.41, 5.74) is 7.62. The molecule has 0 spiro atoms. The molecule has 1 atom stereocenters. The quantitative estimate of drug-likeness (QED) is 0.385. The molecule has 2 N–H and O–H groups in total. The lowest BCUT2D eigenvalue weighted by molar-refractivity contribution is -0.135. The summed E-state index contributed by atoms with van der Waals surface area (Å²) >= 11 is 1.56. The fraction of sp³-hybridized carbons (Fsp3) is 0.538. The van der Waals surface area contributed by atoms with Gasteiger partial charge in [0.15, 0.2) is 16.8 Å². The number of halogens is 2. The maximum atomic E-state index is 14.1. The van der Waals surface area contributed by atoms with E-state index in [-0.39, 0.29) is 23.8 Å². The smallest absolute Gasteiger partial charge is 0.225 e. The van der Waals surface area contributed by atoms with Crippen molar-refractivity contribution in [3.63, 3.8) is 0 Å². The normalized spacial score (nSPS) is 15.8. The molecule has 0 bridgehead atoms. The molecule has 0 aliphatic carbocycles. The van der Waals surface area contributed by atoms with E-state index < -0.39 is 11.6 Å². The lowest BCUT2D eigenvalue weighted by atomic mass is 9.95. The molecule has 37 heavy (non-hydrogen) atoms. The molecule has 3 heterocycles. The van der Waals surface area contributed by atoms with Gasteiger partial charge >= 0.3 is 0 Å². The molecule has 1 aromatic carbocycles. The highest BCUT2D eigenvalue weighted by Crippen LogP contribution is 2.32. The molecule has 11 heteroatoms. The third-order valence-corrected chi connectivity index (χ3v) is 7.89.